The van der Waals surface area contributed by atoms with Crippen LogP contribution in [0, 0.1) is 0 Å². The maximum absolute atomic E-state index is 6.15. The molecule has 0 saturated carbocycles. The summed E-state index contributed by atoms with van der Waals surface area (Å²) in [6.07, 6.45) is 3.70. The number of benzene rings is 2. The zero-order chi connectivity index (χ0) is 18.0. The van der Waals surface area contributed by atoms with Crippen LogP contribution in [0.5, 0.6) is 11.5 Å². The molecule has 0 amide bonds. The van der Waals surface area contributed by atoms with Gasteiger partial charge in [-0.2, -0.15) is 0 Å². The summed E-state index contributed by atoms with van der Waals surface area (Å²) in [5.74, 6) is 1.64. The van der Waals surface area contributed by atoms with Crippen molar-refractivity contribution in [2.45, 2.75) is 26.6 Å². The summed E-state index contributed by atoms with van der Waals surface area (Å²) in [4.78, 5) is 4.16. The molecule has 2 N–H and O–H groups in total. The minimum absolute atomic E-state index is 0.528. The largest absolute Gasteiger partial charge is 0.490 e. The number of para-hydroxylation sites is 1. The zero-order valence-corrected chi connectivity index (χ0v) is 15.1. The molecule has 0 aliphatic carbocycles. The van der Waals surface area contributed by atoms with E-state index in [2.05, 4.69) is 34.6 Å². The standard InChI is InChI=1S/C22H24N2O2/c1-2-25-21-12-6-11-20(16-24-15-19-10-7-13-23-14-19)22(21)26-17-18-8-4-3-5-9-18/h3-14,24H,2,15-17H2,1H3/p+1. The molecule has 0 saturated heterocycles. The van der Waals surface area contributed by atoms with Crippen molar-refractivity contribution in [1.29, 1.82) is 0 Å². The van der Waals surface area contributed by atoms with E-state index >= 15 is 0 Å². The fraction of sp³-hybridized carbons (Fsp3) is 0.227. The summed E-state index contributed by atoms with van der Waals surface area (Å²) >= 11 is 0. The van der Waals surface area contributed by atoms with Crippen molar-refractivity contribution < 1.29 is 14.8 Å². The van der Waals surface area contributed by atoms with Crippen LogP contribution in [-0.4, -0.2) is 11.6 Å². The first-order valence-corrected chi connectivity index (χ1v) is 8.98. The summed E-state index contributed by atoms with van der Waals surface area (Å²) in [6, 6.07) is 20.3. The molecule has 0 bridgehead atoms. The van der Waals surface area contributed by atoms with E-state index < -0.39 is 0 Å². The first-order chi connectivity index (χ1) is 12.9. The highest BCUT2D eigenvalue weighted by atomic mass is 16.5. The third kappa shape index (κ3) is 5.07. The normalized spacial score (nSPS) is 10.5. The number of aromatic nitrogens is 1. The first kappa shape index (κ1) is 18.0. The second kappa shape index (κ2) is 9.59. The number of pyridine rings is 1. The van der Waals surface area contributed by atoms with Crippen LogP contribution in [0.3, 0.4) is 0 Å². The second-order valence-electron chi connectivity index (χ2n) is 6.01. The summed E-state index contributed by atoms with van der Waals surface area (Å²) in [7, 11) is 0. The van der Waals surface area contributed by atoms with E-state index in [-0.39, 0.29) is 0 Å². The molecule has 1 aromatic heterocycles. The van der Waals surface area contributed by atoms with Gasteiger partial charge >= 0.3 is 0 Å². The highest BCUT2D eigenvalue weighted by Crippen LogP contribution is 2.31. The van der Waals surface area contributed by atoms with Crippen LogP contribution in [0.25, 0.3) is 0 Å². The van der Waals surface area contributed by atoms with E-state index in [0.29, 0.717) is 13.2 Å². The molecule has 0 atom stereocenters. The second-order valence-corrected chi connectivity index (χ2v) is 6.01. The third-order valence-corrected chi connectivity index (χ3v) is 4.05. The van der Waals surface area contributed by atoms with Gasteiger partial charge in [-0.25, -0.2) is 0 Å². The number of nitrogens with zero attached hydrogens (tertiary/aromatic N) is 1. The van der Waals surface area contributed by atoms with Gasteiger partial charge < -0.3 is 14.8 Å². The van der Waals surface area contributed by atoms with Gasteiger partial charge in [-0.15, -0.1) is 0 Å². The van der Waals surface area contributed by atoms with Crippen molar-refractivity contribution in [3.63, 3.8) is 0 Å². The van der Waals surface area contributed by atoms with Gasteiger partial charge in [0.25, 0.3) is 0 Å². The van der Waals surface area contributed by atoms with Crippen LogP contribution in [0.15, 0.2) is 73.1 Å². The van der Waals surface area contributed by atoms with E-state index in [0.717, 1.165) is 35.7 Å². The molecule has 0 aliphatic rings. The molecule has 3 rings (SSSR count). The Morgan fingerprint density at radius 2 is 1.69 bits per heavy atom. The summed E-state index contributed by atoms with van der Waals surface area (Å²) in [5, 5.41) is 2.25. The average molecular weight is 349 g/mol. The smallest absolute Gasteiger partial charge is 0.170 e. The van der Waals surface area contributed by atoms with Crippen molar-refractivity contribution in [3.05, 3.63) is 89.7 Å². The van der Waals surface area contributed by atoms with Gasteiger partial charge in [-0.3, -0.25) is 4.98 Å². The van der Waals surface area contributed by atoms with E-state index in [4.69, 9.17) is 9.47 Å². The van der Waals surface area contributed by atoms with E-state index in [1.54, 1.807) is 6.20 Å². The molecule has 3 aromatic rings. The van der Waals surface area contributed by atoms with Gasteiger partial charge in [0.05, 0.1) is 12.2 Å². The number of rotatable bonds is 9. The van der Waals surface area contributed by atoms with Crippen molar-refractivity contribution >= 4 is 0 Å². The number of nitrogens with two attached hydrogens (primary N) is 1. The van der Waals surface area contributed by atoms with E-state index in [1.807, 2.05) is 49.5 Å². The maximum Gasteiger partial charge on any atom is 0.170 e. The van der Waals surface area contributed by atoms with Gasteiger partial charge in [-0.1, -0.05) is 42.5 Å². The molecule has 0 spiro atoms. The Morgan fingerprint density at radius 3 is 2.46 bits per heavy atom. The van der Waals surface area contributed by atoms with E-state index in [9.17, 15) is 0 Å². The maximum atomic E-state index is 6.15. The zero-order valence-electron chi connectivity index (χ0n) is 15.1. The molecule has 4 nitrogen and oxygen atoms in total. The SMILES string of the molecule is CCOc1cccc(C[NH2+]Cc2cccnc2)c1OCc1ccccc1. The minimum atomic E-state index is 0.528. The third-order valence-electron chi connectivity index (χ3n) is 4.05. The number of hydrogen-bond acceptors (Lipinski definition) is 3. The Hall–Kier alpha value is -2.85. The summed E-state index contributed by atoms with van der Waals surface area (Å²) < 4.78 is 11.9. The average Bonchev–Trinajstić information content (AvgIpc) is 2.69. The van der Waals surface area contributed by atoms with Crippen LogP contribution < -0.4 is 14.8 Å². The summed E-state index contributed by atoms with van der Waals surface area (Å²) in [5.41, 5.74) is 3.49. The van der Waals surface area contributed by atoms with Crippen LogP contribution >= 0.6 is 0 Å². The van der Waals surface area contributed by atoms with Gasteiger partial charge in [-0.05, 0) is 30.7 Å². The molecule has 2 aromatic carbocycles. The first-order valence-electron chi connectivity index (χ1n) is 8.98. The van der Waals surface area contributed by atoms with Crippen molar-refractivity contribution in [2.24, 2.45) is 0 Å². The quantitative estimate of drug-likeness (QED) is 0.645. The van der Waals surface area contributed by atoms with Gasteiger partial charge in [0.2, 0.25) is 0 Å². The van der Waals surface area contributed by atoms with Crippen molar-refractivity contribution in [3.8, 4) is 11.5 Å². The predicted molar refractivity (Wildman–Crippen MR) is 102 cm³/mol. The Labute approximate surface area is 154 Å². The van der Waals surface area contributed by atoms with Crippen LogP contribution in [0.2, 0.25) is 0 Å². The Kier molecular flexibility index (Phi) is 6.62. The van der Waals surface area contributed by atoms with Gasteiger partial charge in [0, 0.05) is 18.0 Å². The van der Waals surface area contributed by atoms with Crippen molar-refractivity contribution in [1.82, 2.24) is 4.98 Å². The molecule has 4 heteroatoms. The number of hydrogen-bond donors (Lipinski definition) is 1. The summed E-state index contributed by atoms with van der Waals surface area (Å²) in [6.45, 7) is 4.83. The van der Waals surface area contributed by atoms with Gasteiger partial charge in [0.1, 0.15) is 19.7 Å². The van der Waals surface area contributed by atoms with E-state index in [1.165, 1.54) is 5.56 Å². The lowest BCUT2D eigenvalue weighted by atomic mass is 10.1. The lowest BCUT2D eigenvalue weighted by Crippen LogP contribution is -2.80. The highest BCUT2D eigenvalue weighted by molar-refractivity contribution is 5.46. The molecule has 26 heavy (non-hydrogen) atoms. The molecule has 1 heterocycles. The molecular formula is C22H25N2O2+. The molecule has 0 fully saturated rings. The Morgan fingerprint density at radius 1 is 0.846 bits per heavy atom. The number of ether oxygens (including phenoxy) is 2. The van der Waals surface area contributed by atoms with Crippen LogP contribution in [0.1, 0.15) is 23.6 Å². The minimum Gasteiger partial charge on any atom is -0.490 e. The Balaban J connectivity index is 1.70. The lowest BCUT2D eigenvalue weighted by Gasteiger charge is -2.15. The highest BCUT2D eigenvalue weighted by Gasteiger charge is 2.13. The molecule has 0 radical (unpaired) electrons. The molecular weight excluding hydrogens is 324 g/mol. The van der Waals surface area contributed by atoms with Gasteiger partial charge in [0.15, 0.2) is 11.5 Å². The fourth-order valence-corrected chi connectivity index (χ4v) is 2.80. The monoisotopic (exact) mass is 349 g/mol. The van der Waals surface area contributed by atoms with Crippen molar-refractivity contribution in [2.75, 3.05) is 6.61 Å². The molecule has 0 unspecified atom stereocenters. The Bertz CT molecular complexity index is 792. The lowest BCUT2D eigenvalue weighted by molar-refractivity contribution is -0.686. The van der Waals surface area contributed by atoms with Crippen LogP contribution in [0.4, 0.5) is 0 Å². The molecule has 0 aliphatic heterocycles. The predicted octanol–water partition coefficient (Wildman–Crippen LogP) is 3.32. The topological polar surface area (TPSA) is 48.0 Å². The number of quaternary nitrogens is 1. The van der Waals surface area contributed by atoms with Crippen LogP contribution in [-0.2, 0) is 19.7 Å². The molecule has 134 valence electrons. The fourth-order valence-electron chi connectivity index (χ4n) is 2.80.